The van der Waals surface area contributed by atoms with E-state index in [1.54, 1.807) is 31.2 Å². The number of hydrogen-bond donors (Lipinski definition) is 1. The second-order valence-electron chi connectivity index (χ2n) is 8.47. The number of rotatable bonds is 9. The summed E-state index contributed by atoms with van der Waals surface area (Å²) in [6.45, 7) is 3.74. The van der Waals surface area contributed by atoms with E-state index in [2.05, 4.69) is 21.2 Å². The molecule has 4 rings (SSSR count). The quantitative estimate of drug-likeness (QED) is 0.251. The number of amides is 3. The molecule has 3 aromatic rings. The molecule has 1 aliphatic rings. The van der Waals surface area contributed by atoms with Crippen LogP contribution in [0.5, 0.6) is 11.5 Å². The zero-order valence-corrected chi connectivity index (χ0v) is 24.1. The molecule has 0 atom stereocenters. The molecule has 0 spiro atoms. The fourth-order valence-electron chi connectivity index (χ4n) is 3.74. The summed E-state index contributed by atoms with van der Waals surface area (Å²) in [7, 11) is 0. The molecule has 7 nitrogen and oxygen atoms in total. The molecule has 11 heteroatoms. The summed E-state index contributed by atoms with van der Waals surface area (Å²) in [5.41, 5.74) is 2.71. The normalized spacial score (nSPS) is 14.2. The van der Waals surface area contributed by atoms with Crippen LogP contribution in [0.4, 0.5) is 14.9 Å². The van der Waals surface area contributed by atoms with Crippen LogP contribution in [-0.4, -0.2) is 35.2 Å². The summed E-state index contributed by atoms with van der Waals surface area (Å²) in [4.78, 5) is 39.3. The third-order valence-electron chi connectivity index (χ3n) is 5.50. The Balaban J connectivity index is 1.50. The highest BCUT2D eigenvalue weighted by atomic mass is 79.9. The molecule has 0 saturated carbocycles. The Morgan fingerprint density at radius 2 is 1.95 bits per heavy atom. The van der Waals surface area contributed by atoms with E-state index in [4.69, 9.17) is 21.1 Å². The van der Waals surface area contributed by atoms with Crippen molar-refractivity contribution in [2.75, 3.05) is 18.5 Å². The molecule has 0 bridgehead atoms. The van der Waals surface area contributed by atoms with E-state index >= 15 is 0 Å². The first-order chi connectivity index (χ1) is 18.6. The van der Waals surface area contributed by atoms with Crippen molar-refractivity contribution in [2.45, 2.75) is 20.4 Å². The van der Waals surface area contributed by atoms with Gasteiger partial charge in [-0.05, 0) is 101 Å². The minimum absolute atomic E-state index is 0.0770. The van der Waals surface area contributed by atoms with Gasteiger partial charge in [0.15, 0.2) is 18.1 Å². The van der Waals surface area contributed by atoms with E-state index in [0.29, 0.717) is 39.4 Å². The number of benzene rings is 3. The van der Waals surface area contributed by atoms with Crippen LogP contribution in [0.1, 0.15) is 23.6 Å². The molecule has 1 saturated heterocycles. The van der Waals surface area contributed by atoms with E-state index in [-0.39, 0.29) is 29.0 Å². The minimum Gasteiger partial charge on any atom is -0.490 e. The first-order valence-corrected chi connectivity index (χ1v) is 13.8. The van der Waals surface area contributed by atoms with Gasteiger partial charge in [-0.1, -0.05) is 29.8 Å². The molecule has 1 N–H and O–H groups in total. The molecule has 0 radical (unpaired) electrons. The number of nitrogens with one attached hydrogen (secondary N) is 1. The lowest BCUT2D eigenvalue weighted by molar-refractivity contribution is -0.123. The number of anilines is 1. The Hall–Kier alpha value is -3.34. The lowest BCUT2D eigenvalue weighted by atomic mass is 10.1. The number of halogens is 3. The number of carbonyl (C=O) groups excluding carboxylic acids is 3. The predicted molar refractivity (Wildman–Crippen MR) is 154 cm³/mol. The van der Waals surface area contributed by atoms with Gasteiger partial charge in [0.05, 0.1) is 22.5 Å². The Morgan fingerprint density at radius 3 is 2.67 bits per heavy atom. The van der Waals surface area contributed by atoms with Crippen molar-refractivity contribution < 1.29 is 28.2 Å². The van der Waals surface area contributed by atoms with Gasteiger partial charge in [-0.2, -0.15) is 0 Å². The number of nitrogens with zero attached hydrogens (tertiary/aromatic N) is 1. The van der Waals surface area contributed by atoms with Gasteiger partial charge in [-0.3, -0.25) is 19.3 Å². The summed E-state index contributed by atoms with van der Waals surface area (Å²) in [6, 6.07) is 14.6. The summed E-state index contributed by atoms with van der Waals surface area (Å²) in [5.74, 6) is -0.652. The summed E-state index contributed by atoms with van der Waals surface area (Å²) < 4.78 is 25.4. The first-order valence-electron chi connectivity index (χ1n) is 11.8. The molecular weight excluding hydrogens is 611 g/mol. The fourth-order valence-corrected chi connectivity index (χ4v) is 5.38. The van der Waals surface area contributed by atoms with Gasteiger partial charge in [0.25, 0.3) is 17.1 Å². The lowest BCUT2D eigenvalue weighted by Crippen LogP contribution is -2.27. The standard InChI is InChI=1S/C28H23BrClFN2O5S/c1-3-37-23-11-17(10-21(29)26(23)38-15-25(34)32-20-6-4-5-16(2)9-20)12-24-27(35)33(28(36)39-24)14-18-7-8-19(31)13-22(18)30/h4-13H,3,14-15H2,1-2H3,(H,32,34)/b24-12-. The molecule has 39 heavy (non-hydrogen) atoms. The number of hydrogen-bond acceptors (Lipinski definition) is 6. The minimum atomic E-state index is -0.507. The van der Waals surface area contributed by atoms with Crippen molar-refractivity contribution in [1.82, 2.24) is 4.90 Å². The van der Waals surface area contributed by atoms with Gasteiger partial charge >= 0.3 is 0 Å². The Labute approximate surface area is 242 Å². The second kappa shape index (κ2) is 12.7. The number of carbonyl (C=O) groups is 3. The zero-order chi connectivity index (χ0) is 28.1. The fraction of sp³-hybridized carbons (Fsp3) is 0.179. The Bertz CT molecular complexity index is 1480. The average Bonchev–Trinajstić information content (AvgIpc) is 3.12. The van der Waals surface area contributed by atoms with E-state index in [9.17, 15) is 18.8 Å². The maximum atomic E-state index is 13.4. The van der Waals surface area contributed by atoms with Crippen LogP contribution in [0.3, 0.4) is 0 Å². The number of aryl methyl sites for hydroxylation is 1. The monoisotopic (exact) mass is 632 g/mol. The van der Waals surface area contributed by atoms with Crippen molar-refractivity contribution in [2.24, 2.45) is 0 Å². The van der Waals surface area contributed by atoms with Crippen LogP contribution in [0.2, 0.25) is 5.02 Å². The van der Waals surface area contributed by atoms with E-state index in [0.717, 1.165) is 28.3 Å². The van der Waals surface area contributed by atoms with Crippen LogP contribution in [0.15, 0.2) is 64.0 Å². The largest absolute Gasteiger partial charge is 0.490 e. The number of thioether (sulfide) groups is 1. The Morgan fingerprint density at radius 1 is 1.15 bits per heavy atom. The van der Waals surface area contributed by atoms with Crippen molar-refractivity contribution in [3.05, 3.63) is 91.5 Å². The second-order valence-corrected chi connectivity index (χ2v) is 10.7. The summed E-state index contributed by atoms with van der Waals surface area (Å²) in [5, 5.41) is 2.46. The molecule has 0 aliphatic carbocycles. The molecule has 0 aromatic heterocycles. The van der Waals surface area contributed by atoms with Gasteiger partial charge in [-0.25, -0.2) is 4.39 Å². The van der Waals surface area contributed by atoms with Crippen LogP contribution >= 0.6 is 39.3 Å². The molecule has 3 aromatic carbocycles. The third kappa shape index (κ3) is 7.20. The van der Waals surface area contributed by atoms with Gasteiger partial charge in [0.1, 0.15) is 5.82 Å². The molecule has 0 unspecified atom stereocenters. The topological polar surface area (TPSA) is 84.9 Å². The van der Waals surface area contributed by atoms with Crippen LogP contribution in [0.25, 0.3) is 6.08 Å². The molecule has 1 heterocycles. The highest BCUT2D eigenvalue weighted by molar-refractivity contribution is 9.10. The molecule has 1 fully saturated rings. The molecule has 3 amide bonds. The highest BCUT2D eigenvalue weighted by Gasteiger charge is 2.35. The highest BCUT2D eigenvalue weighted by Crippen LogP contribution is 2.40. The lowest BCUT2D eigenvalue weighted by Gasteiger charge is -2.15. The number of ether oxygens (including phenoxy) is 2. The van der Waals surface area contributed by atoms with Crippen molar-refractivity contribution in [1.29, 1.82) is 0 Å². The molecule has 202 valence electrons. The maximum absolute atomic E-state index is 13.4. The SMILES string of the molecule is CCOc1cc(/C=C2\SC(=O)N(Cc3ccc(F)cc3Cl)C2=O)cc(Br)c1OCC(=O)Nc1cccc(C)c1. The number of imide groups is 1. The molecule has 1 aliphatic heterocycles. The Kier molecular flexibility index (Phi) is 9.32. The van der Waals surface area contributed by atoms with Gasteiger partial charge in [0, 0.05) is 10.7 Å². The van der Waals surface area contributed by atoms with Gasteiger partial charge in [-0.15, -0.1) is 0 Å². The summed E-state index contributed by atoms with van der Waals surface area (Å²) in [6.07, 6.45) is 1.57. The van der Waals surface area contributed by atoms with Gasteiger partial charge < -0.3 is 14.8 Å². The predicted octanol–water partition coefficient (Wildman–Crippen LogP) is 7.20. The van der Waals surface area contributed by atoms with Crippen molar-refractivity contribution in [3.63, 3.8) is 0 Å². The summed E-state index contributed by atoms with van der Waals surface area (Å²) >= 11 is 10.3. The smallest absolute Gasteiger partial charge is 0.293 e. The van der Waals surface area contributed by atoms with Crippen molar-refractivity contribution in [3.8, 4) is 11.5 Å². The third-order valence-corrected chi connectivity index (χ3v) is 7.34. The van der Waals surface area contributed by atoms with Crippen LogP contribution < -0.4 is 14.8 Å². The molecular formula is C28H23BrClFN2O5S. The zero-order valence-electron chi connectivity index (χ0n) is 20.9. The average molecular weight is 634 g/mol. The first kappa shape index (κ1) is 28.7. The van der Waals surface area contributed by atoms with Crippen LogP contribution in [0, 0.1) is 12.7 Å². The van der Waals surface area contributed by atoms with E-state index < -0.39 is 17.0 Å². The van der Waals surface area contributed by atoms with Gasteiger partial charge in [0.2, 0.25) is 0 Å². The van der Waals surface area contributed by atoms with E-state index in [1.807, 2.05) is 25.1 Å². The maximum Gasteiger partial charge on any atom is 0.293 e. The van der Waals surface area contributed by atoms with Crippen LogP contribution in [-0.2, 0) is 16.1 Å². The van der Waals surface area contributed by atoms with E-state index in [1.165, 1.54) is 12.1 Å². The van der Waals surface area contributed by atoms with Crippen molar-refractivity contribution >= 4 is 68.1 Å².